The Bertz CT molecular complexity index is 1060. The summed E-state index contributed by atoms with van der Waals surface area (Å²) in [4.78, 5) is 42.7. The number of carbonyl (C=O) groups excluding carboxylic acids is 3. The minimum Gasteiger partial charge on any atom is -0.444 e. The Morgan fingerprint density at radius 3 is 2.15 bits per heavy atom. The number of rotatable bonds is 13. The standard InChI is InChI=1S/C32H47N3O4/c1-8-10-21-35(28(26-20-15-14-17-23(26)3)29(36)33-24(4)16-9-2)30(37)27(22-25-18-12-11-13-19-25)34-31(38)39-32(5,6)7/h11-15,17-20,24,27-28H,8-10,16,21-22H2,1-7H3,(H,33,36)(H,34,38). The summed E-state index contributed by atoms with van der Waals surface area (Å²) in [5.74, 6) is -0.532. The lowest BCUT2D eigenvalue weighted by Gasteiger charge is -2.35. The number of alkyl carbamates (subject to hydrolysis) is 1. The Kier molecular flexibility index (Phi) is 12.5. The van der Waals surface area contributed by atoms with E-state index in [1.807, 2.05) is 68.4 Å². The number of aryl methyl sites for hydroxylation is 1. The molecule has 0 spiro atoms. The van der Waals surface area contributed by atoms with E-state index in [-0.39, 0.29) is 24.3 Å². The summed E-state index contributed by atoms with van der Waals surface area (Å²) >= 11 is 0. The second kappa shape index (κ2) is 15.3. The Morgan fingerprint density at radius 2 is 1.56 bits per heavy atom. The molecule has 39 heavy (non-hydrogen) atoms. The Morgan fingerprint density at radius 1 is 0.923 bits per heavy atom. The van der Waals surface area contributed by atoms with E-state index in [0.29, 0.717) is 6.54 Å². The van der Waals surface area contributed by atoms with Crippen molar-refractivity contribution >= 4 is 17.9 Å². The number of hydrogen-bond donors (Lipinski definition) is 2. The second-order valence-corrected chi connectivity index (χ2v) is 11.2. The molecule has 0 fully saturated rings. The van der Waals surface area contributed by atoms with Gasteiger partial charge in [-0.25, -0.2) is 4.79 Å². The molecular formula is C32H47N3O4. The first-order chi connectivity index (χ1) is 18.5. The number of hydrogen-bond acceptors (Lipinski definition) is 4. The Balaban J connectivity index is 2.54. The number of amides is 3. The predicted octanol–water partition coefficient (Wildman–Crippen LogP) is 6.11. The zero-order chi connectivity index (χ0) is 29.0. The summed E-state index contributed by atoms with van der Waals surface area (Å²) in [5.41, 5.74) is 1.88. The minimum atomic E-state index is -0.911. The van der Waals surface area contributed by atoms with Crippen LogP contribution in [-0.2, 0) is 20.7 Å². The summed E-state index contributed by atoms with van der Waals surface area (Å²) in [5, 5.41) is 5.95. The molecule has 3 atom stereocenters. The van der Waals surface area contributed by atoms with Crippen LogP contribution in [0.1, 0.15) is 90.0 Å². The van der Waals surface area contributed by atoms with Gasteiger partial charge in [0.25, 0.3) is 0 Å². The van der Waals surface area contributed by atoms with Gasteiger partial charge in [-0.2, -0.15) is 0 Å². The van der Waals surface area contributed by atoms with Gasteiger partial charge in [0.15, 0.2) is 0 Å². The molecule has 0 aliphatic carbocycles. The molecule has 0 aromatic heterocycles. The van der Waals surface area contributed by atoms with E-state index >= 15 is 0 Å². The van der Waals surface area contributed by atoms with E-state index < -0.39 is 23.8 Å². The molecule has 0 radical (unpaired) electrons. The summed E-state index contributed by atoms with van der Waals surface area (Å²) in [6.07, 6.45) is 2.95. The van der Waals surface area contributed by atoms with E-state index in [1.54, 1.807) is 25.7 Å². The highest BCUT2D eigenvalue weighted by molar-refractivity contribution is 5.92. The molecule has 0 aliphatic rings. The average molecular weight is 538 g/mol. The second-order valence-electron chi connectivity index (χ2n) is 11.2. The van der Waals surface area contributed by atoms with Gasteiger partial charge in [0.1, 0.15) is 17.7 Å². The highest BCUT2D eigenvalue weighted by Crippen LogP contribution is 2.27. The Labute approximate surface area is 234 Å². The van der Waals surface area contributed by atoms with Gasteiger partial charge in [0.05, 0.1) is 0 Å². The van der Waals surface area contributed by atoms with Crippen LogP contribution in [-0.4, -0.2) is 47.0 Å². The first-order valence-electron chi connectivity index (χ1n) is 14.2. The maximum absolute atomic E-state index is 14.4. The maximum Gasteiger partial charge on any atom is 0.408 e. The molecule has 2 aromatic carbocycles. The third kappa shape index (κ3) is 10.4. The van der Waals surface area contributed by atoms with Crippen LogP contribution in [0.25, 0.3) is 0 Å². The zero-order valence-corrected chi connectivity index (χ0v) is 24.8. The molecule has 214 valence electrons. The SMILES string of the molecule is CCCCN(C(=O)C(Cc1ccccc1)NC(=O)OC(C)(C)C)C(C(=O)NC(C)CCC)c1ccccc1C. The van der Waals surface area contributed by atoms with Gasteiger partial charge in [0, 0.05) is 19.0 Å². The molecular weight excluding hydrogens is 490 g/mol. The lowest BCUT2D eigenvalue weighted by molar-refractivity contribution is -0.142. The maximum atomic E-state index is 14.4. The number of ether oxygens (including phenoxy) is 1. The van der Waals surface area contributed by atoms with Crippen molar-refractivity contribution in [3.63, 3.8) is 0 Å². The number of carbonyl (C=O) groups is 3. The minimum absolute atomic E-state index is 0.0304. The van der Waals surface area contributed by atoms with Crippen LogP contribution >= 0.6 is 0 Å². The fraction of sp³-hybridized carbons (Fsp3) is 0.531. The monoisotopic (exact) mass is 537 g/mol. The van der Waals surface area contributed by atoms with Crippen molar-refractivity contribution in [3.05, 3.63) is 71.3 Å². The smallest absolute Gasteiger partial charge is 0.408 e. The van der Waals surface area contributed by atoms with Crippen molar-refractivity contribution in [2.24, 2.45) is 0 Å². The van der Waals surface area contributed by atoms with Crippen molar-refractivity contribution in [2.75, 3.05) is 6.54 Å². The van der Waals surface area contributed by atoms with E-state index in [9.17, 15) is 14.4 Å². The Hall–Kier alpha value is -3.35. The van der Waals surface area contributed by atoms with E-state index in [1.165, 1.54) is 0 Å². The van der Waals surface area contributed by atoms with Crippen molar-refractivity contribution in [2.45, 2.75) is 104 Å². The van der Waals surface area contributed by atoms with Crippen LogP contribution in [0.2, 0.25) is 0 Å². The number of benzene rings is 2. The first kappa shape index (κ1) is 31.9. The average Bonchev–Trinajstić information content (AvgIpc) is 2.86. The third-order valence-corrected chi connectivity index (χ3v) is 6.46. The largest absolute Gasteiger partial charge is 0.444 e. The summed E-state index contributed by atoms with van der Waals surface area (Å²) in [6.45, 7) is 13.8. The summed E-state index contributed by atoms with van der Waals surface area (Å²) < 4.78 is 5.51. The lowest BCUT2D eigenvalue weighted by Crippen LogP contribution is -2.54. The normalized spacial score (nSPS) is 13.6. The van der Waals surface area contributed by atoms with E-state index in [0.717, 1.165) is 42.4 Å². The van der Waals surface area contributed by atoms with Gasteiger partial charge < -0.3 is 20.3 Å². The molecule has 0 saturated carbocycles. The van der Waals surface area contributed by atoms with Crippen molar-refractivity contribution in [1.82, 2.24) is 15.5 Å². The molecule has 7 nitrogen and oxygen atoms in total. The molecule has 3 unspecified atom stereocenters. The first-order valence-corrected chi connectivity index (χ1v) is 14.2. The van der Waals surface area contributed by atoms with Gasteiger partial charge in [0.2, 0.25) is 11.8 Å². The molecule has 0 saturated heterocycles. The third-order valence-electron chi connectivity index (χ3n) is 6.46. The molecule has 0 bridgehead atoms. The van der Waals surface area contributed by atoms with E-state index in [4.69, 9.17) is 4.74 Å². The van der Waals surface area contributed by atoms with Crippen LogP contribution in [0.15, 0.2) is 54.6 Å². The molecule has 2 N–H and O–H groups in total. The summed E-state index contributed by atoms with van der Waals surface area (Å²) in [7, 11) is 0. The van der Waals surface area contributed by atoms with Crippen molar-refractivity contribution in [3.8, 4) is 0 Å². The molecule has 2 rings (SSSR count). The van der Waals surface area contributed by atoms with Gasteiger partial charge in [-0.15, -0.1) is 0 Å². The van der Waals surface area contributed by atoms with Crippen LogP contribution in [0.4, 0.5) is 4.79 Å². The lowest BCUT2D eigenvalue weighted by atomic mass is 9.96. The van der Waals surface area contributed by atoms with Gasteiger partial charge in [-0.1, -0.05) is 81.3 Å². The molecule has 7 heteroatoms. The van der Waals surface area contributed by atoms with E-state index in [2.05, 4.69) is 24.5 Å². The number of unbranched alkanes of at least 4 members (excludes halogenated alkanes) is 1. The van der Waals surface area contributed by atoms with Gasteiger partial charge in [-0.3, -0.25) is 9.59 Å². The highest BCUT2D eigenvalue weighted by Gasteiger charge is 2.37. The molecule has 3 amide bonds. The van der Waals surface area contributed by atoms with Crippen molar-refractivity contribution < 1.29 is 19.1 Å². The highest BCUT2D eigenvalue weighted by atomic mass is 16.6. The summed E-state index contributed by atoms with van der Waals surface area (Å²) in [6, 6.07) is 15.5. The molecule has 0 heterocycles. The van der Waals surface area contributed by atoms with Crippen LogP contribution in [0, 0.1) is 6.92 Å². The predicted molar refractivity (Wildman–Crippen MR) is 156 cm³/mol. The zero-order valence-electron chi connectivity index (χ0n) is 24.8. The topological polar surface area (TPSA) is 87.7 Å². The van der Waals surface area contributed by atoms with Crippen molar-refractivity contribution in [1.29, 1.82) is 0 Å². The van der Waals surface area contributed by atoms with Gasteiger partial charge >= 0.3 is 6.09 Å². The number of nitrogens with one attached hydrogen (secondary N) is 2. The quantitative estimate of drug-likeness (QED) is 0.323. The fourth-order valence-electron chi connectivity index (χ4n) is 4.57. The number of nitrogens with zero attached hydrogens (tertiary/aromatic N) is 1. The van der Waals surface area contributed by atoms with Crippen LogP contribution in [0.5, 0.6) is 0 Å². The molecule has 0 aliphatic heterocycles. The molecule has 2 aromatic rings. The van der Waals surface area contributed by atoms with Gasteiger partial charge in [-0.05, 0) is 64.2 Å². The fourth-order valence-corrected chi connectivity index (χ4v) is 4.57. The van der Waals surface area contributed by atoms with Crippen LogP contribution < -0.4 is 10.6 Å². The van der Waals surface area contributed by atoms with Crippen LogP contribution in [0.3, 0.4) is 0 Å².